The summed E-state index contributed by atoms with van der Waals surface area (Å²) in [6, 6.07) is 4.88. The van der Waals surface area contributed by atoms with E-state index >= 15 is 0 Å². The lowest BCUT2D eigenvalue weighted by molar-refractivity contribution is 0.00578. The molecule has 0 amide bonds. The molecular weight excluding hydrogens is 321 g/mol. The van der Waals surface area contributed by atoms with Gasteiger partial charge in [-0.1, -0.05) is 6.08 Å². The Morgan fingerprint density at radius 2 is 1.84 bits per heavy atom. The number of carboxylic acids is 1. The lowest BCUT2D eigenvalue weighted by Crippen LogP contribution is -2.41. The lowest BCUT2D eigenvalue weighted by Gasteiger charge is -2.32. The zero-order valence-electron chi connectivity index (χ0n) is 15.7. The minimum atomic E-state index is -1.00. The molecule has 136 valence electrons. The Hall–Kier alpha value is -1.83. The Labute approximate surface area is 149 Å². The SMILES string of the molecule is CNCC(=Cc1cc(OC)cc(C(=O)O)c1)B1OC(C)(C)C(C)(C)O1. The van der Waals surface area contributed by atoms with Gasteiger partial charge in [-0.3, -0.25) is 0 Å². The second kappa shape index (κ2) is 7.19. The van der Waals surface area contributed by atoms with Crippen molar-refractivity contribution in [1.82, 2.24) is 5.32 Å². The van der Waals surface area contributed by atoms with Crippen molar-refractivity contribution >= 4 is 19.2 Å². The zero-order chi connectivity index (χ0) is 18.8. The van der Waals surface area contributed by atoms with Crippen LogP contribution in [0.1, 0.15) is 43.6 Å². The maximum Gasteiger partial charge on any atom is 0.491 e. The molecule has 0 aliphatic carbocycles. The van der Waals surface area contributed by atoms with Crippen molar-refractivity contribution < 1.29 is 23.9 Å². The summed E-state index contributed by atoms with van der Waals surface area (Å²) < 4.78 is 17.4. The maximum atomic E-state index is 11.3. The highest BCUT2D eigenvalue weighted by molar-refractivity contribution is 6.55. The molecule has 0 unspecified atom stereocenters. The van der Waals surface area contributed by atoms with Crippen molar-refractivity contribution in [2.75, 3.05) is 20.7 Å². The monoisotopic (exact) mass is 347 g/mol. The highest BCUT2D eigenvalue weighted by Crippen LogP contribution is 2.38. The quantitative estimate of drug-likeness (QED) is 0.771. The van der Waals surface area contributed by atoms with Gasteiger partial charge in [0.2, 0.25) is 0 Å². The first-order valence-corrected chi connectivity index (χ1v) is 8.22. The molecule has 7 heteroatoms. The van der Waals surface area contributed by atoms with Crippen LogP contribution in [0.4, 0.5) is 0 Å². The summed E-state index contributed by atoms with van der Waals surface area (Å²) in [7, 11) is 2.85. The van der Waals surface area contributed by atoms with E-state index in [1.54, 1.807) is 12.1 Å². The van der Waals surface area contributed by atoms with Gasteiger partial charge < -0.3 is 24.5 Å². The number of likely N-dealkylation sites (N-methyl/N-ethyl adjacent to an activating group) is 1. The van der Waals surface area contributed by atoms with E-state index in [2.05, 4.69) is 5.32 Å². The third-order valence-electron chi connectivity index (χ3n) is 4.70. The number of hydrogen-bond donors (Lipinski definition) is 2. The number of ether oxygens (including phenoxy) is 1. The molecule has 1 aromatic carbocycles. The van der Waals surface area contributed by atoms with Crippen molar-refractivity contribution in [2.45, 2.75) is 38.9 Å². The number of methoxy groups -OCH3 is 1. The molecule has 0 atom stereocenters. The van der Waals surface area contributed by atoms with E-state index in [1.807, 2.05) is 40.8 Å². The van der Waals surface area contributed by atoms with Crippen LogP contribution in [0.25, 0.3) is 6.08 Å². The fourth-order valence-corrected chi connectivity index (χ4v) is 2.56. The third kappa shape index (κ3) is 4.23. The van der Waals surface area contributed by atoms with Crippen molar-refractivity contribution in [3.05, 3.63) is 34.8 Å². The minimum absolute atomic E-state index is 0.170. The molecule has 1 saturated heterocycles. The van der Waals surface area contributed by atoms with E-state index in [9.17, 15) is 9.90 Å². The fourth-order valence-electron chi connectivity index (χ4n) is 2.56. The van der Waals surface area contributed by atoms with E-state index in [-0.39, 0.29) is 5.56 Å². The topological polar surface area (TPSA) is 77.0 Å². The van der Waals surface area contributed by atoms with Gasteiger partial charge in [0, 0.05) is 6.54 Å². The average Bonchev–Trinajstić information content (AvgIpc) is 2.74. The largest absolute Gasteiger partial charge is 0.497 e. The second-order valence-corrected chi connectivity index (χ2v) is 7.14. The summed E-state index contributed by atoms with van der Waals surface area (Å²) in [5, 5.41) is 12.4. The standard InChI is InChI=1S/C18H26BNO5/c1-17(2)18(3,4)25-19(24-17)14(11-20-5)8-12-7-13(16(21)22)10-15(9-12)23-6/h7-10,20H,11H2,1-6H3,(H,21,22). The number of aromatic carboxylic acids is 1. The van der Waals surface area contributed by atoms with Crippen LogP contribution >= 0.6 is 0 Å². The summed E-state index contributed by atoms with van der Waals surface area (Å²) >= 11 is 0. The minimum Gasteiger partial charge on any atom is -0.497 e. The Balaban J connectivity index is 2.41. The number of benzene rings is 1. The molecule has 1 aliphatic rings. The van der Waals surface area contributed by atoms with Gasteiger partial charge in [0.1, 0.15) is 5.75 Å². The average molecular weight is 347 g/mol. The van der Waals surface area contributed by atoms with E-state index in [1.165, 1.54) is 13.2 Å². The van der Waals surface area contributed by atoms with E-state index in [0.717, 1.165) is 11.0 Å². The van der Waals surface area contributed by atoms with Crippen LogP contribution in [-0.4, -0.2) is 50.1 Å². The third-order valence-corrected chi connectivity index (χ3v) is 4.70. The van der Waals surface area contributed by atoms with Crippen molar-refractivity contribution in [3.63, 3.8) is 0 Å². The van der Waals surface area contributed by atoms with Gasteiger partial charge in [-0.15, -0.1) is 0 Å². The van der Waals surface area contributed by atoms with Crippen LogP contribution in [0.5, 0.6) is 5.75 Å². The number of hydrogen-bond acceptors (Lipinski definition) is 5. The van der Waals surface area contributed by atoms with Crippen LogP contribution in [0.3, 0.4) is 0 Å². The van der Waals surface area contributed by atoms with Gasteiger partial charge in [0.05, 0.1) is 23.9 Å². The molecule has 0 bridgehead atoms. The Bertz CT molecular complexity index is 668. The van der Waals surface area contributed by atoms with Gasteiger partial charge in [0.15, 0.2) is 0 Å². The van der Waals surface area contributed by atoms with Crippen molar-refractivity contribution in [2.24, 2.45) is 0 Å². The predicted octanol–water partition coefficient (Wildman–Crippen LogP) is 2.63. The molecule has 1 fully saturated rings. The molecule has 0 radical (unpaired) electrons. The van der Waals surface area contributed by atoms with Gasteiger partial charge in [-0.25, -0.2) is 4.79 Å². The van der Waals surface area contributed by atoms with Gasteiger partial charge >= 0.3 is 13.1 Å². The molecule has 2 N–H and O–H groups in total. The molecule has 1 aromatic rings. The smallest absolute Gasteiger partial charge is 0.491 e. The van der Waals surface area contributed by atoms with Crippen LogP contribution in [0.15, 0.2) is 23.7 Å². The summed E-state index contributed by atoms with van der Waals surface area (Å²) in [5.41, 5.74) is 0.890. The molecule has 2 rings (SSSR count). The van der Waals surface area contributed by atoms with Gasteiger partial charge in [-0.2, -0.15) is 0 Å². The zero-order valence-corrected chi connectivity index (χ0v) is 15.7. The predicted molar refractivity (Wildman–Crippen MR) is 97.9 cm³/mol. The van der Waals surface area contributed by atoms with Crippen LogP contribution in [0.2, 0.25) is 0 Å². The molecule has 0 aromatic heterocycles. The number of nitrogens with one attached hydrogen (secondary N) is 1. The molecule has 1 aliphatic heterocycles. The molecule has 6 nitrogen and oxygen atoms in total. The number of carbonyl (C=O) groups is 1. The Morgan fingerprint density at radius 1 is 1.24 bits per heavy atom. The molecule has 25 heavy (non-hydrogen) atoms. The van der Waals surface area contributed by atoms with Crippen LogP contribution in [0, 0.1) is 0 Å². The maximum absolute atomic E-state index is 11.3. The van der Waals surface area contributed by atoms with Crippen LogP contribution < -0.4 is 10.1 Å². The van der Waals surface area contributed by atoms with Gasteiger partial charge in [0.25, 0.3) is 0 Å². The second-order valence-electron chi connectivity index (χ2n) is 7.14. The first-order valence-electron chi connectivity index (χ1n) is 8.22. The van der Waals surface area contributed by atoms with Crippen molar-refractivity contribution in [1.29, 1.82) is 0 Å². The molecule has 0 saturated carbocycles. The highest BCUT2D eigenvalue weighted by Gasteiger charge is 2.52. The fraction of sp³-hybridized carbons (Fsp3) is 0.500. The van der Waals surface area contributed by atoms with E-state index in [4.69, 9.17) is 14.0 Å². The van der Waals surface area contributed by atoms with E-state index < -0.39 is 24.3 Å². The number of carboxylic acid groups (broad SMARTS) is 1. The van der Waals surface area contributed by atoms with Crippen molar-refractivity contribution in [3.8, 4) is 5.75 Å². The molecule has 1 heterocycles. The molecule has 0 spiro atoms. The summed E-state index contributed by atoms with van der Waals surface area (Å²) in [6.45, 7) is 8.54. The summed E-state index contributed by atoms with van der Waals surface area (Å²) in [6.07, 6.45) is 1.88. The summed E-state index contributed by atoms with van der Waals surface area (Å²) in [4.78, 5) is 11.3. The molecular formula is C18H26BNO5. The van der Waals surface area contributed by atoms with Gasteiger partial charge in [-0.05, 0) is 64.0 Å². The Kier molecular flexibility index (Phi) is 5.61. The van der Waals surface area contributed by atoms with E-state index in [0.29, 0.717) is 12.3 Å². The van der Waals surface area contributed by atoms with Crippen LogP contribution in [-0.2, 0) is 9.31 Å². The normalized spacial score (nSPS) is 19.1. The lowest BCUT2D eigenvalue weighted by atomic mass is 9.77. The first-order chi connectivity index (χ1) is 11.6. The highest BCUT2D eigenvalue weighted by atomic mass is 16.7. The Morgan fingerprint density at radius 3 is 2.32 bits per heavy atom. The summed E-state index contributed by atoms with van der Waals surface area (Å²) in [5.74, 6) is -0.511. The first kappa shape index (κ1) is 19.5. The number of rotatable bonds is 6.